The summed E-state index contributed by atoms with van der Waals surface area (Å²) in [6, 6.07) is 3.53. The minimum atomic E-state index is -3.56. The Hall–Kier alpha value is -1.97. The largest absolute Gasteiger partial charge is 0.335 e. The number of amides is 3. The predicted octanol–water partition coefficient (Wildman–Crippen LogP) is -0.511. The molecule has 1 heterocycles. The van der Waals surface area contributed by atoms with Crippen molar-refractivity contribution in [3.63, 3.8) is 0 Å². The van der Waals surface area contributed by atoms with Crippen LogP contribution in [0.15, 0.2) is 17.0 Å². The molecule has 1 aromatic rings. The molecule has 8 nitrogen and oxygen atoms in total. The number of nitrogens with zero attached hydrogens (tertiary/aromatic N) is 1. The number of urea groups is 1. The summed E-state index contributed by atoms with van der Waals surface area (Å²) in [5.41, 5.74) is 2.56. The molecule has 2 fully saturated rings. The van der Waals surface area contributed by atoms with Crippen LogP contribution in [-0.4, -0.2) is 63.4 Å². The van der Waals surface area contributed by atoms with Gasteiger partial charge in [0.1, 0.15) is 0 Å². The van der Waals surface area contributed by atoms with E-state index in [0.717, 1.165) is 34.4 Å². The first-order chi connectivity index (χ1) is 13.2. The van der Waals surface area contributed by atoms with Gasteiger partial charge in [0.2, 0.25) is 10.0 Å². The molecule has 0 aromatic heterocycles. The number of quaternary nitrogens is 1. The lowest BCUT2D eigenvalue weighted by atomic mass is 10.1. The summed E-state index contributed by atoms with van der Waals surface area (Å²) in [5, 5.41) is 5.06. The third kappa shape index (κ3) is 4.89. The van der Waals surface area contributed by atoms with Gasteiger partial charge in [0.05, 0.1) is 31.1 Å². The van der Waals surface area contributed by atoms with Crippen molar-refractivity contribution in [2.75, 3.05) is 32.7 Å². The van der Waals surface area contributed by atoms with Crippen molar-refractivity contribution >= 4 is 22.0 Å². The number of hydrogen-bond donors (Lipinski definition) is 3. The molecule has 0 unspecified atom stereocenters. The van der Waals surface area contributed by atoms with Crippen LogP contribution in [0.5, 0.6) is 0 Å². The molecule has 1 saturated heterocycles. The van der Waals surface area contributed by atoms with Crippen molar-refractivity contribution in [2.24, 2.45) is 0 Å². The molecular formula is C19H29N4O4S+. The highest BCUT2D eigenvalue weighted by molar-refractivity contribution is 7.89. The highest BCUT2D eigenvalue weighted by Gasteiger charge is 2.33. The van der Waals surface area contributed by atoms with Gasteiger partial charge in [-0.2, -0.15) is 4.31 Å². The van der Waals surface area contributed by atoms with Gasteiger partial charge >= 0.3 is 6.03 Å². The molecule has 1 saturated carbocycles. The molecule has 3 N–H and O–H groups in total. The van der Waals surface area contributed by atoms with Crippen molar-refractivity contribution in [3.8, 4) is 0 Å². The smallest absolute Gasteiger partial charge is 0.321 e. The molecule has 1 aliphatic carbocycles. The maximum Gasteiger partial charge on any atom is 0.321 e. The lowest BCUT2D eigenvalue weighted by Gasteiger charge is -2.31. The van der Waals surface area contributed by atoms with Crippen LogP contribution >= 0.6 is 0 Å². The molecule has 0 spiro atoms. The van der Waals surface area contributed by atoms with Crippen LogP contribution in [0, 0.1) is 20.8 Å². The minimum absolute atomic E-state index is 0.161. The second-order valence-electron chi connectivity index (χ2n) is 7.85. The Bertz CT molecular complexity index is 849. The molecule has 0 radical (unpaired) electrons. The Balaban J connectivity index is 1.56. The molecule has 3 amide bonds. The molecule has 28 heavy (non-hydrogen) atoms. The predicted molar refractivity (Wildman–Crippen MR) is 105 cm³/mol. The summed E-state index contributed by atoms with van der Waals surface area (Å²) in [4.78, 5) is 25.0. The van der Waals surface area contributed by atoms with E-state index in [2.05, 4.69) is 10.6 Å². The Morgan fingerprint density at radius 2 is 1.68 bits per heavy atom. The number of hydrogen-bond acceptors (Lipinski definition) is 4. The summed E-state index contributed by atoms with van der Waals surface area (Å²) < 4.78 is 27.7. The summed E-state index contributed by atoms with van der Waals surface area (Å²) in [7, 11) is -3.56. The number of rotatable bonds is 5. The topological polar surface area (TPSA) is 100 Å². The summed E-state index contributed by atoms with van der Waals surface area (Å²) in [6.45, 7) is 7.53. The van der Waals surface area contributed by atoms with Gasteiger partial charge < -0.3 is 10.2 Å². The van der Waals surface area contributed by atoms with Gasteiger partial charge in [0, 0.05) is 6.04 Å². The molecule has 1 aromatic carbocycles. The fraction of sp³-hybridized carbons (Fsp3) is 0.579. The standard InChI is InChI=1S/C19H28N4O4S/c1-13-10-14(2)18(15(3)11-13)28(26,27)23-8-6-22(7-9-23)12-17(24)21-19(25)20-16-4-5-16/h10-11,16H,4-9,12H2,1-3H3,(H2,20,21,24,25)/p+1. The Labute approximate surface area is 166 Å². The second-order valence-corrected chi connectivity index (χ2v) is 9.73. The van der Waals surface area contributed by atoms with Crippen LogP contribution in [0.4, 0.5) is 4.79 Å². The third-order valence-electron chi connectivity index (χ3n) is 5.21. The van der Waals surface area contributed by atoms with Crippen LogP contribution in [0.2, 0.25) is 0 Å². The van der Waals surface area contributed by atoms with Crippen molar-refractivity contribution in [3.05, 3.63) is 28.8 Å². The van der Waals surface area contributed by atoms with E-state index in [1.54, 1.807) is 0 Å². The number of sulfonamides is 1. The summed E-state index contributed by atoms with van der Waals surface area (Å²) >= 11 is 0. The highest BCUT2D eigenvalue weighted by atomic mass is 32.2. The molecule has 154 valence electrons. The van der Waals surface area contributed by atoms with Gasteiger partial charge in [-0.25, -0.2) is 13.2 Å². The fourth-order valence-corrected chi connectivity index (χ4v) is 5.62. The van der Waals surface area contributed by atoms with Gasteiger partial charge in [-0.15, -0.1) is 0 Å². The van der Waals surface area contributed by atoms with Crippen LogP contribution in [0.25, 0.3) is 0 Å². The normalized spacial score (nSPS) is 18.7. The van der Waals surface area contributed by atoms with E-state index < -0.39 is 16.1 Å². The van der Waals surface area contributed by atoms with E-state index in [1.807, 2.05) is 32.9 Å². The van der Waals surface area contributed by atoms with Crippen LogP contribution in [0.3, 0.4) is 0 Å². The Kier molecular flexibility index (Phi) is 6.07. The number of carbonyl (C=O) groups excluding carboxylic acids is 2. The Morgan fingerprint density at radius 3 is 2.21 bits per heavy atom. The van der Waals surface area contributed by atoms with Gasteiger partial charge in [-0.05, 0) is 44.7 Å². The number of benzene rings is 1. The van der Waals surface area contributed by atoms with Gasteiger partial charge in [-0.1, -0.05) is 17.7 Å². The Morgan fingerprint density at radius 1 is 1.11 bits per heavy atom. The van der Waals surface area contributed by atoms with Crippen molar-refractivity contribution in [1.82, 2.24) is 14.9 Å². The molecule has 0 bridgehead atoms. The molecular weight excluding hydrogens is 380 g/mol. The zero-order valence-electron chi connectivity index (χ0n) is 16.7. The summed E-state index contributed by atoms with van der Waals surface area (Å²) in [5.74, 6) is -0.338. The fourth-order valence-electron chi connectivity index (χ4n) is 3.77. The van der Waals surface area contributed by atoms with Crippen LogP contribution < -0.4 is 15.5 Å². The number of piperazine rings is 1. The SMILES string of the molecule is Cc1cc(C)c(S(=O)(=O)N2CC[NH+](CC(=O)NC(=O)NC3CC3)CC2)c(C)c1. The second kappa shape index (κ2) is 8.18. The van der Waals surface area contributed by atoms with E-state index in [9.17, 15) is 18.0 Å². The van der Waals surface area contributed by atoms with E-state index in [-0.39, 0.29) is 18.5 Å². The van der Waals surface area contributed by atoms with Gasteiger partial charge in [0.25, 0.3) is 5.91 Å². The number of carbonyl (C=O) groups is 2. The number of imide groups is 1. The van der Waals surface area contributed by atoms with E-state index in [4.69, 9.17) is 0 Å². The van der Waals surface area contributed by atoms with Crippen LogP contribution in [-0.2, 0) is 14.8 Å². The monoisotopic (exact) mass is 409 g/mol. The third-order valence-corrected chi connectivity index (χ3v) is 7.41. The zero-order valence-corrected chi connectivity index (χ0v) is 17.5. The first-order valence-corrected chi connectivity index (χ1v) is 11.1. The molecule has 1 aliphatic heterocycles. The average Bonchev–Trinajstić information content (AvgIpc) is 3.37. The lowest BCUT2D eigenvalue weighted by molar-refractivity contribution is -0.895. The van der Waals surface area contributed by atoms with Crippen molar-refractivity contribution in [2.45, 2.75) is 44.6 Å². The van der Waals surface area contributed by atoms with Crippen molar-refractivity contribution in [1.29, 1.82) is 0 Å². The molecule has 2 aliphatic rings. The van der Waals surface area contributed by atoms with Gasteiger partial charge in [0.15, 0.2) is 6.54 Å². The first kappa shape index (κ1) is 20.8. The highest BCUT2D eigenvalue weighted by Crippen LogP contribution is 2.25. The maximum absolute atomic E-state index is 13.1. The molecule has 0 atom stereocenters. The van der Waals surface area contributed by atoms with E-state index >= 15 is 0 Å². The van der Waals surface area contributed by atoms with Gasteiger partial charge in [-0.3, -0.25) is 10.1 Å². The lowest BCUT2D eigenvalue weighted by Crippen LogP contribution is -3.15. The van der Waals surface area contributed by atoms with E-state index in [1.165, 1.54) is 4.31 Å². The van der Waals surface area contributed by atoms with Crippen LogP contribution in [0.1, 0.15) is 29.5 Å². The number of aryl methyl sites for hydroxylation is 3. The molecule has 3 rings (SSSR count). The maximum atomic E-state index is 13.1. The van der Waals surface area contributed by atoms with Crippen molar-refractivity contribution < 1.29 is 22.9 Å². The summed E-state index contributed by atoms with van der Waals surface area (Å²) in [6.07, 6.45) is 1.92. The van der Waals surface area contributed by atoms with E-state index in [0.29, 0.717) is 31.1 Å². The minimum Gasteiger partial charge on any atom is -0.335 e. The zero-order chi connectivity index (χ0) is 20.5. The quantitative estimate of drug-likeness (QED) is 0.610. The first-order valence-electron chi connectivity index (χ1n) is 9.68. The number of nitrogens with one attached hydrogen (secondary N) is 3. The average molecular weight is 410 g/mol. The molecule has 9 heteroatoms.